The molecule has 0 aromatic heterocycles. The van der Waals surface area contributed by atoms with Crippen molar-refractivity contribution in [1.29, 1.82) is 0 Å². The lowest BCUT2D eigenvalue weighted by molar-refractivity contribution is 0.0644. The van der Waals surface area contributed by atoms with Crippen LogP contribution in [-0.4, -0.2) is 87.0 Å². The Morgan fingerprint density at radius 3 is 1.98 bits per heavy atom. The molecule has 1 aliphatic rings. The molecule has 1 fully saturated rings. The first-order valence-electron chi connectivity index (χ1n) is 18.6. The largest absolute Gasteiger partial charge is 0.481 e. The van der Waals surface area contributed by atoms with Crippen LogP contribution in [0.2, 0.25) is 0 Å². The molecule has 0 unspecified atom stereocenters. The lowest BCUT2D eigenvalue weighted by atomic mass is 10.0. The third-order valence-electron chi connectivity index (χ3n) is 8.72. The van der Waals surface area contributed by atoms with E-state index >= 15 is 0 Å². The monoisotopic (exact) mass is 827 g/mol. The van der Waals surface area contributed by atoms with Gasteiger partial charge in [-0.1, -0.05) is 86.6 Å². The number of nitrogens with two attached hydrogens (primary N) is 1. The molecular formula is C41H54N3O11PS. The van der Waals surface area contributed by atoms with E-state index in [2.05, 4.69) is 5.32 Å². The summed E-state index contributed by atoms with van der Waals surface area (Å²) in [5, 5.41) is 21.4. The lowest BCUT2D eigenvalue weighted by Gasteiger charge is -2.30. The van der Waals surface area contributed by atoms with Crippen molar-refractivity contribution in [2.45, 2.75) is 63.0 Å². The fourth-order valence-corrected chi connectivity index (χ4v) is 8.61. The van der Waals surface area contributed by atoms with E-state index in [1.54, 1.807) is 24.3 Å². The zero-order valence-corrected chi connectivity index (χ0v) is 34.2. The number of hydrogen-bond donors (Lipinski definition) is 4. The van der Waals surface area contributed by atoms with Crippen molar-refractivity contribution < 1.29 is 51.2 Å². The summed E-state index contributed by atoms with van der Waals surface area (Å²) in [4.78, 5) is 13.1. The summed E-state index contributed by atoms with van der Waals surface area (Å²) in [7, 11) is -6.77. The third-order valence-corrected chi connectivity index (χ3v) is 12.1. The number of benzene rings is 4. The van der Waals surface area contributed by atoms with Gasteiger partial charge in [0.1, 0.15) is 11.9 Å². The Kier molecular flexibility index (Phi) is 18.0. The number of sulfonamides is 1. The number of alkyl carbamates (subject to hydrolysis) is 1. The standard InChI is InChI=1S/C40H50N3O10PS.CH4O/c1-30(2)24-43(55(47,48)37-19-15-34(41)16-20-37)25-39(44)38(42-40(45)53-36-21-22-49-28-36)23-31-13-17-35(18-14-31)50-29-54(46,51-26-32-9-5-3-6-10-32)52-27-33-11-7-4-8-12-33;1-2/h3-20,30,36,38-39,44H,21-29,41H2,1-2H3,(H,42,45);2H,1H3/t36-,38-,39+;/m0./s1. The minimum Gasteiger partial charge on any atom is -0.481 e. The van der Waals surface area contributed by atoms with Crippen LogP contribution >= 0.6 is 7.60 Å². The molecule has 0 aliphatic carbocycles. The molecule has 310 valence electrons. The van der Waals surface area contributed by atoms with Gasteiger partial charge in [0.25, 0.3) is 0 Å². The van der Waals surface area contributed by atoms with Crippen LogP contribution in [0.1, 0.15) is 37.0 Å². The van der Waals surface area contributed by atoms with Crippen molar-refractivity contribution in [2.24, 2.45) is 5.92 Å². The number of nitrogens with zero attached hydrogens (tertiary/aromatic N) is 1. The van der Waals surface area contributed by atoms with Gasteiger partial charge in [-0.3, -0.25) is 4.57 Å². The summed E-state index contributed by atoms with van der Waals surface area (Å²) < 4.78 is 71.0. The van der Waals surface area contributed by atoms with Crippen LogP contribution in [0, 0.1) is 5.92 Å². The van der Waals surface area contributed by atoms with E-state index in [4.69, 9.17) is 34.1 Å². The van der Waals surface area contributed by atoms with Crippen LogP contribution in [0.5, 0.6) is 5.75 Å². The third kappa shape index (κ3) is 14.9. The molecule has 16 heteroatoms. The van der Waals surface area contributed by atoms with E-state index in [0.717, 1.165) is 18.2 Å². The first-order valence-corrected chi connectivity index (χ1v) is 21.8. The Morgan fingerprint density at radius 1 is 0.877 bits per heavy atom. The van der Waals surface area contributed by atoms with Gasteiger partial charge in [0.15, 0.2) is 6.35 Å². The minimum atomic E-state index is -4.03. The molecule has 0 radical (unpaired) electrons. The van der Waals surface area contributed by atoms with Gasteiger partial charge in [0, 0.05) is 32.3 Å². The number of ether oxygens (including phenoxy) is 3. The smallest absolute Gasteiger partial charge is 0.407 e. The van der Waals surface area contributed by atoms with Crippen LogP contribution in [-0.2, 0) is 52.7 Å². The van der Waals surface area contributed by atoms with Gasteiger partial charge < -0.3 is 44.5 Å². The van der Waals surface area contributed by atoms with Crippen molar-refractivity contribution in [2.75, 3.05) is 45.5 Å². The molecule has 1 amide bonds. The highest BCUT2D eigenvalue weighted by molar-refractivity contribution is 7.89. The summed E-state index contributed by atoms with van der Waals surface area (Å²) >= 11 is 0. The SMILES string of the molecule is CC(C)CN(C[C@@H](O)[C@H](Cc1ccc(OCP(=O)(OCc2ccccc2)OCc2ccccc2)cc1)NC(=O)O[C@H]1CCOC1)S(=O)(=O)c1ccc(N)cc1.CO. The van der Waals surface area contributed by atoms with Gasteiger partial charge in [-0.25, -0.2) is 13.2 Å². The van der Waals surface area contributed by atoms with Gasteiger partial charge in [-0.2, -0.15) is 4.31 Å². The molecule has 4 aromatic carbocycles. The Morgan fingerprint density at radius 2 is 1.46 bits per heavy atom. The van der Waals surface area contributed by atoms with Crippen molar-refractivity contribution in [1.82, 2.24) is 9.62 Å². The van der Waals surface area contributed by atoms with Crippen molar-refractivity contribution in [3.63, 3.8) is 0 Å². The highest BCUT2D eigenvalue weighted by Crippen LogP contribution is 2.49. The van der Waals surface area contributed by atoms with Crippen LogP contribution < -0.4 is 15.8 Å². The number of hydrogen-bond acceptors (Lipinski definition) is 12. The molecule has 57 heavy (non-hydrogen) atoms. The lowest BCUT2D eigenvalue weighted by Crippen LogP contribution is -2.51. The maximum Gasteiger partial charge on any atom is 0.407 e. The second kappa shape index (κ2) is 22.6. The predicted molar refractivity (Wildman–Crippen MR) is 217 cm³/mol. The van der Waals surface area contributed by atoms with Crippen LogP contribution in [0.25, 0.3) is 0 Å². The molecule has 4 aromatic rings. The number of rotatable bonds is 20. The average Bonchev–Trinajstić information content (AvgIpc) is 3.73. The minimum absolute atomic E-state index is 0.0377. The Hall–Kier alpha value is -4.31. The first kappa shape index (κ1) is 45.4. The van der Waals surface area contributed by atoms with E-state index in [-0.39, 0.29) is 56.5 Å². The van der Waals surface area contributed by atoms with Gasteiger partial charge in [0.2, 0.25) is 10.0 Å². The molecule has 3 atom stereocenters. The Bertz CT molecular complexity index is 1890. The number of aliphatic hydroxyl groups is 2. The molecule has 0 bridgehead atoms. The summed E-state index contributed by atoms with van der Waals surface area (Å²) in [6.45, 7) is 4.45. The van der Waals surface area contributed by atoms with Crippen molar-refractivity contribution in [3.05, 3.63) is 126 Å². The highest BCUT2D eigenvalue weighted by Gasteiger charge is 2.33. The second-order valence-electron chi connectivity index (χ2n) is 13.7. The maximum absolute atomic E-state index is 13.9. The van der Waals surface area contributed by atoms with E-state index < -0.39 is 42.0 Å². The number of carbonyl (C=O) groups is 1. The average molecular weight is 828 g/mol. The van der Waals surface area contributed by atoms with Crippen LogP contribution in [0.4, 0.5) is 10.5 Å². The van der Waals surface area contributed by atoms with E-state index in [9.17, 15) is 22.9 Å². The first-order chi connectivity index (χ1) is 27.4. The normalized spacial score (nSPS) is 15.4. The van der Waals surface area contributed by atoms with Crippen LogP contribution in [0.15, 0.2) is 114 Å². The second-order valence-corrected chi connectivity index (χ2v) is 17.7. The number of anilines is 1. The quantitative estimate of drug-likeness (QED) is 0.0603. The summed E-state index contributed by atoms with van der Waals surface area (Å²) in [5.41, 5.74) is 8.57. The zero-order chi connectivity index (χ0) is 41.3. The maximum atomic E-state index is 13.9. The van der Waals surface area contributed by atoms with Gasteiger partial charge >= 0.3 is 13.7 Å². The molecule has 5 rings (SSSR count). The number of nitrogens with one attached hydrogen (secondary N) is 1. The number of carbonyl (C=O) groups excluding carboxylic acids is 1. The van der Waals surface area contributed by atoms with Gasteiger partial charge in [-0.15, -0.1) is 0 Å². The molecular weight excluding hydrogens is 774 g/mol. The van der Waals surface area contributed by atoms with Crippen molar-refractivity contribution >= 4 is 29.4 Å². The number of nitrogen functional groups attached to an aromatic ring is 1. The van der Waals surface area contributed by atoms with Gasteiger partial charge in [0.05, 0.1) is 43.5 Å². The van der Waals surface area contributed by atoms with E-state index in [1.165, 1.54) is 28.6 Å². The van der Waals surface area contributed by atoms with E-state index in [1.807, 2.05) is 74.5 Å². The van der Waals surface area contributed by atoms with Crippen LogP contribution in [0.3, 0.4) is 0 Å². The molecule has 0 spiro atoms. The van der Waals surface area contributed by atoms with E-state index in [0.29, 0.717) is 30.0 Å². The summed E-state index contributed by atoms with van der Waals surface area (Å²) in [6.07, 6.45) is -2.20. The summed E-state index contributed by atoms with van der Waals surface area (Å²) in [6, 6.07) is 30.4. The topological polar surface area (TPSA) is 196 Å². The Balaban J connectivity index is 0.00000354. The molecule has 0 saturated carbocycles. The molecule has 1 aliphatic heterocycles. The predicted octanol–water partition coefficient (Wildman–Crippen LogP) is 5.97. The zero-order valence-electron chi connectivity index (χ0n) is 32.5. The molecule has 1 heterocycles. The Labute approximate surface area is 335 Å². The molecule has 5 N–H and O–H groups in total. The number of amides is 1. The van der Waals surface area contributed by atoms with Gasteiger partial charge in [-0.05, 0) is 65.4 Å². The summed E-state index contributed by atoms with van der Waals surface area (Å²) in [5.74, 6) is 0.323. The fourth-order valence-electron chi connectivity index (χ4n) is 5.76. The fraction of sp³-hybridized carbons (Fsp3) is 0.390. The molecule has 1 saturated heterocycles. The highest BCUT2D eigenvalue weighted by atomic mass is 32.2. The van der Waals surface area contributed by atoms with Crippen molar-refractivity contribution in [3.8, 4) is 5.75 Å². The number of aliphatic hydroxyl groups excluding tert-OH is 2. The molecule has 14 nitrogen and oxygen atoms in total.